The average Bonchev–Trinajstić information content (AvgIpc) is 2.86. The molecule has 1 aliphatic heterocycles. The maximum atomic E-state index is 12.8. The van der Waals surface area contributed by atoms with E-state index < -0.39 is 54.9 Å². The Hall–Kier alpha value is -1.80. The molecule has 1 saturated heterocycles. The van der Waals surface area contributed by atoms with E-state index >= 15 is 0 Å². The van der Waals surface area contributed by atoms with Gasteiger partial charge in [0.2, 0.25) is 5.91 Å². The number of ether oxygens (including phenoxy) is 1. The van der Waals surface area contributed by atoms with E-state index in [-0.39, 0.29) is 18.9 Å². The van der Waals surface area contributed by atoms with Crippen LogP contribution in [0.1, 0.15) is 46.5 Å². The van der Waals surface area contributed by atoms with Crippen molar-refractivity contribution in [3.05, 3.63) is 0 Å². The fourth-order valence-electron chi connectivity index (χ4n) is 2.98. The van der Waals surface area contributed by atoms with Gasteiger partial charge in [-0.15, -0.1) is 0 Å². The number of carbonyl (C=O) groups is 3. The quantitative estimate of drug-likeness (QED) is 0.710. The van der Waals surface area contributed by atoms with Crippen LogP contribution in [-0.4, -0.2) is 46.8 Å². The predicted molar refractivity (Wildman–Crippen MR) is 81.6 cm³/mol. The Bertz CT molecular complexity index is 506. The SMILES string of the molecule is CCCC(C(=O)N1C(=O)OCC1C(C)C)C(CCC(F)(F)F)C(=O)O. The van der Waals surface area contributed by atoms with E-state index in [9.17, 15) is 32.7 Å². The standard InChI is InChI=1S/C16H24F3NO5/c1-4-5-10(11(14(22)23)6-7-16(17,18)19)13(21)20-12(9(2)3)8-25-15(20)24/h9-12H,4-8H2,1-3H3,(H,22,23). The molecule has 3 unspecified atom stereocenters. The van der Waals surface area contributed by atoms with Crippen LogP contribution >= 0.6 is 0 Å². The highest BCUT2D eigenvalue weighted by molar-refractivity contribution is 5.96. The van der Waals surface area contributed by atoms with E-state index in [0.717, 1.165) is 4.90 Å². The van der Waals surface area contributed by atoms with Gasteiger partial charge < -0.3 is 9.84 Å². The third-order valence-corrected chi connectivity index (χ3v) is 4.37. The van der Waals surface area contributed by atoms with Crippen molar-refractivity contribution in [2.45, 2.75) is 58.7 Å². The zero-order chi connectivity index (χ0) is 19.4. The number of carboxylic acid groups (broad SMARTS) is 1. The second kappa shape index (κ2) is 8.53. The van der Waals surface area contributed by atoms with Crippen LogP contribution in [0.25, 0.3) is 0 Å². The fraction of sp³-hybridized carbons (Fsp3) is 0.812. The summed E-state index contributed by atoms with van der Waals surface area (Å²) in [6.07, 6.45) is -6.89. The minimum absolute atomic E-state index is 0.00136. The summed E-state index contributed by atoms with van der Waals surface area (Å²) in [6.45, 7) is 5.26. The summed E-state index contributed by atoms with van der Waals surface area (Å²) in [5.74, 6) is -5.05. The number of cyclic esters (lactones) is 1. The number of rotatable bonds is 8. The fourth-order valence-corrected chi connectivity index (χ4v) is 2.98. The summed E-state index contributed by atoms with van der Waals surface area (Å²) in [6, 6.07) is -0.545. The van der Waals surface area contributed by atoms with Gasteiger partial charge >= 0.3 is 18.2 Å². The first kappa shape index (κ1) is 21.2. The highest BCUT2D eigenvalue weighted by Crippen LogP contribution is 2.32. The van der Waals surface area contributed by atoms with Crippen molar-refractivity contribution in [3.8, 4) is 0 Å². The summed E-state index contributed by atoms with van der Waals surface area (Å²) in [5, 5.41) is 9.35. The number of hydrogen-bond donors (Lipinski definition) is 1. The minimum Gasteiger partial charge on any atom is -0.481 e. The van der Waals surface area contributed by atoms with Crippen molar-refractivity contribution in [2.24, 2.45) is 17.8 Å². The molecule has 1 rings (SSSR count). The molecule has 25 heavy (non-hydrogen) atoms. The number of imide groups is 1. The van der Waals surface area contributed by atoms with Crippen molar-refractivity contribution >= 4 is 18.0 Å². The summed E-state index contributed by atoms with van der Waals surface area (Å²) in [4.78, 5) is 37.1. The molecule has 1 aliphatic rings. The van der Waals surface area contributed by atoms with Gasteiger partial charge in [0.05, 0.1) is 17.9 Å². The van der Waals surface area contributed by atoms with Crippen LogP contribution < -0.4 is 0 Å². The van der Waals surface area contributed by atoms with E-state index in [0.29, 0.717) is 6.42 Å². The summed E-state index contributed by atoms with van der Waals surface area (Å²) >= 11 is 0. The number of nitrogens with zero attached hydrogens (tertiary/aromatic N) is 1. The van der Waals surface area contributed by atoms with Crippen LogP contribution in [-0.2, 0) is 14.3 Å². The largest absolute Gasteiger partial charge is 0.481 e. The van der Waals surface area contributed by atoms with Crippen LogP contribution in [0.3, 0.4) is 0 Å². The monoisotopic (exact) mass is 367 g/mol. The van der Waals surface area contributed by atoms with Crippen LogP contribution in [0.5, 0.6) is 0 Å². The second-order valence-electron chi connectivity index (χ2n) is 6.59. The number of carboxylic acids is 1. The molecule has 0 bridgehead atoms. The number of alkyl halides is 3. The van der Waals surface area contributed by atoms with Crippen molar-refractivity contribution in [1.82, 2.24) is 4.90 Å². The number of aliphatic carboxylic acids is 1. The van der Waals surface area contributed by atoms with E-state index in [4.69, 9.17) is 4.74 Å². The molecule has 0 aromatic carbocycles. The van der Waals surface area contributed by atoms with Crippen LogP contribution in [0.15, 0.2) is 0 Å². The Balaban J connectivity index is 3.07. The molecular formula is C16H24F3NO5. The van der Waals surface area contributed by atoms with Crippen molar-refractivity contribution in [1.29, 1.82) is 0 Å². The number of halogens is 3. The van der Waals surface area contributed by atoms with E-state index in [2.05, 4.69) is 0 Å². The average molecular weight is 367 g/mol. The first-order chi connectivity index (χ1) is 11.5. The Morgan fingerprint density at radius 3 is 2.32 bits per heavy atom. The first-order valence-electron chi connectivity index (χ1n) is 8.29. The van der Waals surface area contributed by atoms with Gasteiger partial charge in [-0.1, -0.05) is 27.2 Å². The Morgan fingerprint density at radius 1 is 1.28 bits per heavy atom. The van der Waals surface area contributed by atoms with Crippen molar-refractivity contribution in [3.63, 3.8) is 0 Å². The normalized spacial score (nSPS) is 20.5. The lowest BCUT2D eigenvalue weighted by atomic mass is 9.83. The number of carbonyl (C=O) groups excluding carboxylic acids is 2. The topological polar surface area (TPSA) is 83.9 Å². The lowest BCUT2D eigenvalue weighted by molar-refractivity contribution is -0.157. The molecule has 1 heterocycles. The second-order valence-corrected chi connectivity index (χ2v) is 6.59. The molecule has 0 radical (unpaired) electrons. The highest BCUT2D eigenvalue weighted by atomic mass is 19.4. The van der Waals surface area contributed by atoms with Crippen LogP contribution in [0.4, 0.5) is 18.0 Å². The lowest BCUT2D eigenvalue weighted by Crippen LogP contribution is -2.47. The molecule has 0 aliphatic carbocycles. The van der Waals surface area contributed by atoms with Crippen molar-refractivity contribution < 1.29 is 37.4 Å². The van der Waals surface area contributed by atoms with Gasteiger partial charge in [-0.05, 0) is 18.8 Å². The van der Waals surface area contributed by atoms with E-state index in [1.807, 2.05) is 0 Å². The van der Waals surface area contributed by atoms with Crippen LogP contribution in [0.2, 0.25) is 0 Å². The van der Waals surface area contributed by atoms with Gasteiger partial charge in [-0.2, -0.15) is 13.2 Å². The first-order valence-corrected chi connectivity index (χ1v) is 8.29. The number of hydrogen-bond acceptors (Lipinski definition) is 4. The van der Waals surface area contributed by atoms with E-state index in [1.165, 1.54) is 0 Å². The molecule has 9 heteroatoms. The predicted octanol–water partition coefficient (Wildman–Crippen LogP) is 3.45. The molecule has 0 aromatic heterocycles. The molecule has 1 fully saturated rings. The molecule has 1 N–H and O–H groups in total. The summed E-state index contributed by atoms with van der Waals surface area (Å²) in [5.41, 5.74) is 0. The molecule has 6 nitrogen and oxygen atoms in total. The van der Waals surface area contributed by atoms with Gasteiger partial charge in [0, 0.05) is 6.42 Å². The summed E-state index contributed by atoms with van der Waals surface area (Å²) < 4.78 is 42.4. The summed E-state index contributed by atoms with van der Waals surface area (Å²) in [7, 11) is 0. The molecule has 144 valence electrons. The zero-order valence-corrected chi connectivity index (χ0v) is 14.5. The Labute approximate surface area is 144 Å². The van der Waals surface area contributed by atoms with Gasteiger partial charge in [-0.25, -0.2) is 9.69 Å². The maximum Gasteiger partial charge on any atom is 0.416 e. The highest BCUT2D eigenvalue weighted by Gasteiger charge is 2.45. The molecule has 3 atom stereocenters. The smallest absolute Gasteiger partial charge is 0.416 e. The van der Waals surface area contributed by atoms with Gasteiger partial charge in [0.15, 0.2) is 0 Å². The van der Waals surface area contributed by atoms with Gasteiger partial charge in [-0.3, -0.25) is 9.59 Å². The Morgan fingerprint density at radius 2 is 1.88 bits per heavy atom. The maximum absolute atomic E-state index is 12.8. The van der Waals surface area contributed by atoms with Crippen molar-refractivity contribution in [2.75, 3.05) is 6.61 Å². The third-order valence-electron chi connectivity index (χ3n) is 4.37. The zero-order valence-electron chi connectivity index (χ0n) is 14.5. The molecule has 0 aromatic rings. The van der Waals surface area contributed by atoms with Crippen LogP contribution in [0, 0.1) is 17.8 Å². The van der Waals surface area contributed by atoms with Gasteiger partial charge in [0.1, 0.15) is 6.61 Å². The molecule has 2 amide bonds. The molecule has 0 saturated carbocycles. The molecular weight excluding hydrogens is 343 g/mol. The Kier molecular flexibility index (Phi) is 7.25. The molecule has 0 spiro atoms. The minimum atomic E-state index is -4.51. The number of amides is 2. The lowest BCUT2D eigenvalue weighted by Gasteiger charge is -2.29. The third kappa shape index (κ3) is 5.61. The van der Waals surface area contributed by atoms with E-state index in [1.54, 1.807) is 20.8 Å². The van der Waals surface area contributed by atoms with Gasteiger partial charge in [0.25, 0.3) is 0 Å².